The van der Waals surface area contributed by atoms with Gasteiger partial charge in [0, 0.05) is 0 Å². The number of aliphatic carboxylic acids is 1. The van der Waals surface area contributed by atoms with Gasteiger partial charge in [-0.2, -0.15) is 0 Å². The summed E-state index contributed by atoms with van der Waals surface area (Å²) in [6, 6.07) is 5.04. The number of aldehydes is 1. The van der Waals surface area contributed by atoms with Gasteiger partial charge in [-0.1, -0.05) is 12.1 Å². The molecule has 0 atom stereocenters. The molecule has 14 heavy (non-hydrogen) atoms. The molecular formula is C10H10O4. The summed E-state index contributed by atoms with van der Waals surface area (Å²) in [4.78, 5) is 20.9. The Morgan fingerprint density at radius 2 is 2.29 bits per heavy atom. The van der Waals surface area contributed by atoms with Gasteiger partial charge < -0.3 is 9.84 Å². The van der Waals surface area contributed by atoms with Gasteiger partial charge in [0.1, 0.15) is 5.75 Å². The summed E-state index contributed by atoms with van der Waals surface area (Å²) in [6.45, 7) is 1.32. The van der Waals surface area contributed by atoms with Crippen molar-refractivity contribution in [1.29, 1.82) is 0 Å². The normalized spacial score (nSPS) is 9.50. The Kier molecular flexibility index (Phi) is 3.23. The van der Waals surface area contributed by atoms with Crippen LogP contribution in [0.1, 0.15) is 15.9 Å². The highest BCUT2D eigenvalue weighted by molar-refractivity contribution is 5.81. The standard InChI is InChI=1S/C10H10O4/c1-7-3-2-4-9(8(7)5-11)14-6-10(12)13/h2-5H,6H2,1H3,(H,12,13). The molecule has 0 heterocycles. The molecule has 0 radical (unpaired) electrons. The average Bonchev–Trinajstić information content (AvgIpc) is 2.14. The molecule has 0 aliphatic rings. The number of carbonyl (C=O) groups excluding carboxylic acids is 1. The van der Waals surface area contributed by atoms with Crippen LogP contribution in [0.15, 0.2) is 18.2 Å². The van der Waals surface area contributed by atoms with Crippen LogP contribution in [0.3, 0.4) is 0 Å². The molecule has 0 saturated heterocycles. The van der Waals surface area contributed by atoms with Gasteiger partial charge in [0.2, 0.25) is 0 Å². The van der Waals surface area contributed by atoms with Gasteiger partial charge in [0.05, 0.1) is 5.56 Å². The number of carboxylic acid groups (broad SMARTS) is 1. The Balaban J connectivity index is 2.90. The van der Waals surface area contributed by atoms with Crippen LogP contribution in [0.25, 0.3) is 0 Å². The highest BCUT2D eigenvalue weighted by Gasteiger charge is 2.06. The number of carbonyl (C=O) groups is 2. The van der Waals surface area contributed by atoms with Crippen LogP contribution < -0.4 is 4.74 Å². The molecule has 0 fully saturated rings. The Morgan fingerprint density at radius 3 is 2.86 bits per heavy atom. The molecule has 0 unspecified atom stereocenters. The minimum absolute atomic E-state index is 0.308. The van der Waals surface area contributed by atoms with Crippen molar-refractivity contribution in [2.45, 2.75) is 6.92 Å². The first kappa shape index (κ1) is 10.2. The van der Waals surface area contributed by atoms with Crippen molar-refractivity contribution < 1.29 is 19.4 Å². The van der Waals surface area contributed by atoms with Gasteiger partial charge in [-0.05, 0) is 18.6 Å². The number of aryl methyl sites for hydroxylation is 1. The van der Waals surface area contributed by atoms with E-state index in [1.807, 2.05) is 0 Å². The van der Waals surface area contributed by atoms with Gasteiger partial charge in [0.15, 0.2) is 12.9 Å². The van der Waals surface area contributed by atoms with Gasteiger partial charge in [0.25, 0.3) is 0 Å². The molecule has 0 aromatic heterocycles. The first-order valence-corrected chi connectivity index (χ1v) is 4.04. The predicted molar refractivity (Wildman–Crippen MR) is 49.7 cm³/mol. The second kappa shape index (κ2) is 4.41. The second-order valence-electron chi connectivity index (χ2n) is 2.79. The fraction of sp³-hybridized carbons (Fsp3) is 0.200. The summed E-state index contributed by atoms with van der Waals surface area (Å²) in [5.74, 6) is -0.759. The van der Waals surface area contributed by atoms with Crippen molar-refractivity contribution in [3.8, 4) is 5.75 Å². The van der Waals surface area contributed by atoms with E-state index in [9.17, 15) is 9.59 Å². The largest absolute Gasteiger partial charge is 0.481 e. The lowest BCUT2D eigenvalue weighted by Gasteiger charge is -2.07. The van der Waals surface area contributed by atoms with E-state index in [0.717, 1.165) is 5.56 Å². The molecule has 1 aromatic carbocycles. The monoisotopic (exact) mass is 194 g/mol. The zero-order valence-electron chi connectivity index (χ0n) is 7.69. The summed E-state index contributed by atoms with van der Waals surface area (Å²) in [6.07, 6.45) is 0.659. The Morgan fingerprint density at radius 1 is 1.57 bits per heavy atom. The highest BCUT2D eigenvalue weighted by atomic mass is 16.5. The van der Waals surface area contributed by atoms with Crippen molar-refractivity contribution in [3.05, 3.63) is 29.3 Å². The van der Waals surface area contributed by atoms with E-state index in [1.165, 1.54) is 0 Å². The third-order valence-electron chi connectivity index (χ3n) is 1.75. The fourth-order valence-electron chi connectivity index (χ4n) is 1.07. The van der Waals surface area contributed by atoms with E-state index in [1.54, 1.807) is 25.1 Å². The van der Waals surface area contributed by atoms with Crippen molar-refractivity contribution in [2.75, 3.05) is 6.61 Å². The van der Waals surface area contributed by atoms with Crippen LogP contribution in [-0.4, -0.2) is 24.0 Å². The maximum Gasteiger partial charge on any atom is 0.341 e. The molecule has 0 spiro atoms. The first-order valence-electron chi connectivity index (χ1n) is 4.04. The first-order chi connectivity index (χ1) is 6.65. The molecular weight excluding hydrogens is 184 g/mol. The lowest BCUT2D eigenvalue weighted by atomic mass is 10.1. The zero-order valence-corrected chi connectivity index (χ0v) is 7.69. The molecule has 74 valence electrons. The van der Waals surface area contributed by atoms with E-state index in [2.05, 4.69) is 0 Å². The van der Waals surface area contributed by atoms with E-state index < -0.39 is 12.6 Å². The topological polar surface area (TPSA) is 63.6 Å². The quantitative estimate of drug-likeness (QED) is 0.733. The molecule has 0 aliphatic carbocycles. The van der Waals surface area contributed by atoms with Crippen LogP contribution in [-0.2, 0) is 4.79 Å². The fourth-order valence-corrected chi connectivity index (χ4v) is 1.07. The highest BCUT2D eigenvalue weighted by Crippen LogP contribution is 2.19. The molecule has 0 saturated carbocycles. The van der Waals surface area contributed by atoms with E-state index >= 15 is 0 Å². The second-order valence-corrected chi connectivity index (χ2v) is 2.79. The van der Waals surface area contributed by atoms with Gasteiger partial charge in [-0.15, -0.1) is 0 Å². The Bertz CT molecular complexity index is 357. The maximum atomic E-state index is 10.7. The summed E-state index contributed by atoms with van der Waals surface area (Å²) in [5.41, 5.74) is 1.16. The SMILES string of the molecule is Cc1cccc(OCC(=O)O)c1C=O. The molecule has 0 bridgehead atoms. The van der Waals surface area contributed by atoms with Crippen molar-refractivity contribution in [1.82, 2.24) is 0 Å². The molecule has 4 heteroatoms. The average molecular weight is 194 g/mol. The number of carboxylic acids is 1. The molecule has 1 N–H and O–H groups in total. The van der Waals surface area contributed by atoms with E-state index in [0.29, 0.717) is 17.6 Å². The number of benzene rings is 1. The molecule has 1 rings (SSSR count). The lowest BCUT2D eigenvalue weighted by molar-refractivity contribution is -0.139. The number of hydrogen-bond donors (Lipinski definition) is 1. The van der Waals surface area contributed by atoms with E-state index in [4.69, 9.17) is 9.84 Å². The zero-order chi connectivity index (χ0) is 10.6. The Hall–Kier alpha value is -1.84. The molecule has 1 aromatic rings. The Labute approximate surface area is 81.1 Å². The minimum Gasteiger partial charge on any atom is -0.481 e. The summed E-state index contributed by atoms with van der Waals surface area (Å²) in [5, 5.41) is 8.39. The number of ether oxygens (including phenoxy) is 1. The van der Waals surface area contributed by atoms with Crippen molar-refractivity contribution in [2.24, 2.45) is 0 Å². The predicted octanol–water partition coefficient (Wildman–Crippen LogP) is 1.27. The third kappa shape index (κ3) is 2.32. The van der Waals surface area contributed by atoms with Gasteiger partial charge in [-0.3, -0.25) is 4.79 Å². The van der Waals surface area contributed by atoms with E-state index in [-0.39, 0.29) is 0 Å². The number of rotatable bonds is 4. The minimum atomic E-state index is -1.07. The van der Waals surface area contributed by atoms with Gasteiger partial charge >= 0.3 is 5.97 Å². The van der Waals surface area contributed by atoms with Gasteiger partial charge in [-0.25, -0.2) is 4.79 Å². The van der Waals surface area contributed by atoms with Crippen LogP contribution in [0, 0.1) is 6.92 Å². The summed E-state index contributed by atoms with van der Waals surface area (Å²) < 4.78 is 4.94. The lowest BCUT2D eigenvalue weighted by Crippen LogP contribution is -2.10. The van der Waals surface area contributed by atoms with Crippen molar-refractivity contribution in [3.63, 3.8) is 0 Å². The van der Waals surface area contributed by atoms with Crippen LogP contribution in [0.2, 0.25) is 0 Å². The van der Waals surface area contributed by atoms with Crippen LogP contribution in [0.4, 0.5) is 0 Å². The van der Waals surface area contributed by atoms with Crippen molar-refractivity contribution >= 4 is 12.3 Å². The smallest absolute Gasteiger partial charge is 0.341 e. The molecule has 4 nitrogen and oxygen atoms in total. The summed E-state index contributed by atoms with van der Waals surface area (Å²) >= 11 is 0. The van der Waals surface area contributed by atoms with Crippen LogP contribution in [0.5, 0.6) is 5.75 Å². The molecule has 0 amide bonds. The summed E-state index contributed by atoms with van der Waals surface area (Å²) in [7, 11) is 0. The maximum absolute atomic E-state index is 10.7. The number of hydrogen-bond acceptors (Lipinski definition) is 3. The van der Waals surface area contributed by atoms with Crippen LogP contribution >= 0.6 is 0 Å². The third-order valence-corrected chi connectivity index (χ3v) is 1.75. The molecule has 0 aliphatic heterocycles.